The predicted molar refractivity (Wildman–Crippen MR) is 73.0 cm³/mol. The summed E-state index contributed by atoms with van der Waals surface area (Å²) < 4.78 is 11.0. The lowest BCUT2D eigenvalue weighted by atomic mass is 10.1. The third-order valence-corrected chi connectivity index (χ3v) is 3.55. The first-order valence-electron chi connectivity index (χ1n) is 6.79. The van der Waals surface area contributed by atoms with Crippen molar-refractivity contribution in [3.05, 3.63) is 29.8 Å². The summed E-state index contributed by atoms with van der Waals surface area (Å²) in [6.07, 6.45) is 3.99. The fourth-order valence-corrected chi connectivity index (χ4v) is 2.47. The van der Waals surface area contributed by atoms with Crippen molar-refractivity contribution < 1.29 is 9.47 Å². The molecule has 0 bridgehead atoms. The molecule has 1 aliphatic rings. The molecule has 1 aromatic rings. The van der Waals surface area contributed by atoms with Crippen LogP contribution < -0.4 is 10.1 Å². The van der Waals surface area contributed by atoms with Crippen LogP contribution in [0.25, 0.3) is 0 Å². The molecular weight excluding hydrogens is 226 g/mol. The van der Waals surface area contributed by atoms with Gasteiger partial charge in [-0.15, -0.1) is 0 Å². The normalized spacial score (nSPS) is 20.9. The molecule has 0 aromatic heterocycles. The van der Waals surface area contributed by atoms with Crippen molar-refractivity contribution in [2.45, 2.75) is 38.3 Å². The van der Waals surface area contributed by atoms with Gasteiger partial charge in [0.05, 0.1) is 13.2 Å². The van der Waals surface area contributed by atoms with E-state index in [1.54, 1.807) is 7.11 Å². The lowest BCUT2D eigenvalue weighted by Gasteiger charge is -2.18. The molecule has 2 rings (SSSR count). The molecule has 100 valence electrons. The zero-order chi connectivity index (χ0) is 12.8. The second kappa shape index (κ2) is 6.76. The van der Waals surface area contributed by atoms with E-state index in [2.05, 4.69) is 24.4 Å². The minimum absolute atomic E-state index is 0.308. The quantitative estimate of drug-likeness (QED) is 0.841. The first kappa shape index (κ1) is 13.4. The predicted octanol–water partition coefficient (Wildman–Crippen LogP) is 2.91. The van der Waals surface area contributed by atoms with Crippen molar-refractivity contribution in [1.29, 1.82) is 0 Å². The molecule has 0 aliphatic carbocycles. The number of benzene rings is 1. The van der Waals surface area contributed by atoms with Gasteiger partial charge in [-0.05, 0) is 38.8 Å². The summed E-state index contributed by atoms with van der Waals surface area (Å²) in [6, 6.07) is 8.48. The Kier molecular flexibility index (Phi) is 5.02. The van der Waals surface area contributed by atoms with E-state index in [0.29, 0.717) is 12.1 Å². The Bertz CT molecular complexity index is 361. The monoisotopic (exact) mass is 249 g/mol. The Labute approximate surface area is 109 Å². The standard InChI is InChI=1S/C15H23NO2/c1-12(14-7-3-4-8-15(14)17-2)16-10-9-13-6-5-11-18-13/h3-4,7-8,12-13,16H,5-6,9-11H2,1-2H3/t12-,13?/m1/s1. The maximum Gasteiger partial charge on any atom is 0.123 e. The fourth-order valence-electron chi connectivity index (χ4n) is 2.47. The second-order valence-electron chi connectivity index (χ2n) is 4.84. The van der Waals surface area contributed by atoms with E-state index in [-0.39, 0.29) is 0 Å². The third kappa shape index (κ3) is 3.47. The summed E-state index contributed by atoms with van der Waals surface area (Å²) in [5.74, 6) is 0.953. The molecule has 3 heteroatoms. The second-order valence-corrected chi connectivity index (χ2v) is 4.84. The Morgan fingerprint density at radius 3 is 3.00 bits per heavy atom. The Morgan fingerprint density at radius 2 is 2.28 bits per heavy atom. The third-order valence-electron chi connectivity index (χ3n) is 3.55. The number of para-hydroxylation sites is 1. The molecule has 1 aliphatic heterocycles. The number of nitrogens with one attached hydrogen (secondary N) is 1. The van der Waals surface area contributed by atoms with Gasteiger partial charge in [-0.1, -0.05) is 18.2 Å². The molecule has 18 heavy (non-hydrogen) atoms. The summed E-state index contributed by atoms with van der Waals surface area (Å²) in [5, 5.41) is 3.54. The topological polar surface area (TPSA) is 30.5 Å². The van der Waals surface area contributed by atoms with Crippen molar-refractivity contribution in [1.82, 2.24) is 5.32 Å². The van der Waals surface area contributed by atoms with Crippen LogP contribution in [0.5, 0.6) is 5.75 Å². The number of hydrogen-bond donors (Lipinski definition) is 1. The largest absolute Gasteiger partial charge is 0.496 e. The SMILES string of the molecule is COc1ccccc1[C@@H](C)NCCC1CCCO1. The number of methoxy groups -OCH3 is 1. The number of ether oxygens (including phenoxy) is 2. The molecule has 1 N–H and O–H groups in total. The molecule has 0 spiro atoms. The van der Waals surface area contributed by atoms with Crippen LogP contribution in [0, 0.1) is 0 Å². The molecule has 0 saturated carbocycles. The minimum Gasteiger partial charge on any atom is -0.496 e. The van der Waals surface area contributed by atoms with E-state index in [9.17, 15) is 0 Å². The lowest BCUT2D eigenvalue weighted by Crippen LogP contribution is -2.23. The van der Waals surface area contributed by atoms with Crippen molar-refractivity contribution in [2.24, 2.45) is 0 Å². The van der Waals surface area contributed by atoms with Crippen LogP contribution in [0.4, 0.5) is 0 Å². The first-order valence-corrected chi connectivity index (χ1v) is 6.79. The van der Waals surface area contributed by atoms with Crippen molar-refractivity contribution >= 4 is 0 Å². The minimum atomic E-state index is 0.308. The summed E-state index contributed by atoms with van der Waals surface area (Å²) in [5.41, 5.74) is 1.22. The highest BCUT2D eigenvalue weighted by atomic mass is 16.5. The fraction of sp³-hybridized carbons (Fsp3) is 0.600. The van der Waals surface area contributed by atoms with E-state index >= 15 is 0 Å². The Hall–Kier alpha value is -1.06. The molecule has 1 unspecified atom stereocenters. The maximum absolute atomic E-state index is 5.62. The van der Waals surface area contributed by atoms with Crippen LogP contribution in [-0.2, 0) is 4.74 Å². The molecule has 2 atom stereocenters. The molecule has 0 amide bonds. The smallest absolute Gasteiger partial charge is 0.123 e. The van der Waals surface area contributed by atoms with Crippen LogP contribution in [0.1, 0.15) is 37.8 Å². The van der Waals surface area contributed by atoms with E-state index in [0.717, 1.165) is 25.3 Å². The summed E-state index contributed by atoms with van der Waals surface area (Å²) in [7, 11) is 1.72. The van der Waals surface area contributed by atoms with Gasteiger partial charge in [0.2, 0.25) is 0 Å². The van der Waals surface area contributed by atoms with Gasteiger partial charge in [-0.3, -0.25) is 0 Å². The highest BCUT2D eigenvalue weighted by Crippen LogP contribution is 2.24. The first-order chi connectivity index (χ1) is 8.81. The molecular formula is C15H23NO2. The van der Waals surface area contributed by atoms with Gasteiger partial charge in [0.15, 0.2) is 0 Å². The summed E-state index contributed by atoms with van der Waals surface area (Å²) in [6.45, 7) is 4.10. The molecule has 0 radical (unpaired) electrons. The number of rotatable bonds is 6. The average Bonchev–Trinajstić information content (AvgIpc) is 2.91. The number of hydrogen-bond acceptors (Lipinski definition) is 3. The molecule has 3 nitrogen and oxygen atoms in total. The van der Waals surface area contributed by atoms with Crippen molar-refractivity contribution in [3.8, 4) is 5.75 Å². The van der Waals surface area contributed by atoms with Crippen molar-refractivity contribution in [3.63, 3.8) is 0 Å². The highest BCUT2D eigenvalue weighted by molar-refractivity contribution is 5.35. The zero-order valence-electron chi connectivity index (χ0n) is 11.3. The van der Waals surface area contributed by atoms with Gasteiger partial charge in [0, 0.05) is 18.2 Å². The van der Waals surface area contributed by atoms with Gasteiger partial charge in [-0.25, -0.2) is 0 Å². The zero-order valence-corrected chi connectivity index (χ0v) is 11.3. The average molecular weight is 249 g/mol. The summed E-state index contributed by atoms with van der Waals surface area (Å²) in [4.78, 5) is 0. The van der Waals surface area contributed by atoms with E-state index in [1.165, 1.54) is 18.4 Å². The van der Waals surface area contributed by atoms with E-state index in [1.807, 2.05) is 12.1 Å². The Morgan fingerprint density at radius 1 is 1.44 bits per heavy atom. The molecule has 1 saturated heterocycles. The molecule has 1 aromatic carbocycles. The van der Waals surface area contributed by atoms with Crippen LogP contribution >= 0.6 is 0 Å². The highest BCUT2D eigenvalue weighted by Gasteiger charge is 2.16. The van der Waals surface area contributed by atoms with Crippen molar-refractivity contribution in [2.75, 3.05) is 20.3 Å². The lowest BCUT2D eigenvalue weighted by molar-refractivity contribution is 0.103. The molecule has 1 heterocycles. The van der Waals surface area contributed by atoms with Gasteiger partial charge in [0.1, 0.15) is 5.75 Å². The molecule has 1 fully saturated rings. The van der Waals surface area contributed by atoms with Crippen LogP contribution in [0.15, 0.2) is 24.3 Å². The van der Waals surface area contributed by atoms with Crippen LogP contribution in [0.3, 0.4) is 0 Å². The van der Waals surface area contributed by atoms with Gasteiger partial charge in [-0.2, -0.15) is 0 Å². The van der Waals surface area contributed by atoms with Gasteiger partial charge in [0.25, 0.3) is 0 Å². The maximum atomic E-state index is 5.62. The van der Waals surface area contributed by atoms with E-state index < -0.39 is 0 Å². The van der Waals surface area contributed by atoms with E-state index in [4.69, 9.17) is 9.47 Å². The summed E-state index contributed by atoms with van der Waals surface area (Å²) >= 11 is 0. The van der Waals surface area contributed by atoms with Crippen LogP contribution in [0.2, 0.25) is 0 Å². The Balaban J connectivity index is 1.81. The van der Waals surface area contributed by atoms with Crippen LogP contribution in [-0.4, -0.2) is 26.4 Å². The van der Waals surface area contributed by atoms with Gasteiger partial charge < -0.3 is 14.8 Å². The van der Waals surface area contributed by atoms with Gasteiger partial charge >= 0.3 is 0 Å².